The number of hydrogen-bond acceptors (Lipinski definition) is 4. The largest absolute Gasteiger partial charge is 0.489 e. The number of aromatic nitrogens is 2. The number of benzene rings is 1. The molecule has 0 aliphatic carbocycles. The number of nitrogens with zero attached hydrogens (tertiary/aromatic N) is 2. The number of ether oxygens (including phenoxy) is 2. The predicted octanol–water partition coefficient (Wildman–Crippen LogP) is 2.75. The van der Waals surface area contributed by atoms with Crippen LogP contribution < -0.4 is 9.47 Å². The lowest BCUT2D eigenvalue weighted by atomic mass is 10.2. The van der Waals surface area contributed by atoms with Crippen LogP contribution >= 0.6 is 11.6 Å². The van der Waals surface area contributed by atoms with E-state index in [1.165, 1.54) is 0 Å². The van der Waals surface area contributed by atoms with E-state index in [4.69, 9.17) is 21.1 Å². The molecular formula is C12H11ClN2O2. The minimum atomic E-state index is 0.423. The minimum absolute atomic E-state index is 0.423. The molecule has 0 bridgehead atoms. The van der Waals surface area contributed by atoms with E-state index in [1.807, 2.05) is 19.1 Å². The molecule has 1 aromatic carbocycles. The van der Waals surface area contributed by atoms with E-state index in [-0.39, 0.29) is 0 Å². The van der Waals surface area contributed by atoms with Crippen molar-refractivity contribution in [2.75, 3.05) is 13.2 Å². The molecule has 1 aliphatic rings. The van der Waals surface area contributed by atoms with Crippen LogP contribution in [0.5, 0.6) is 11.5 Å². The van der Waals surface area contributed by atoms with Crippen LogP contribution in [0, 0.1) is 6.92 Å². The molecular weight excluding hydrogens is 240 g/mol. The van der Waals surface area contributed by atoms with Gasteiger partial charge in [-0.15, -0.1) is 0 Å². The van der Waals surface area contributed by atoms with Crippen molar-refractivity contribution in [3.8, 4) is 11.5 Å². The summed E-state index contributed by atoms with van der Waals surface area (Å²) in [6.07, 6.45) is 0.881. The van der Waals surface area contributed by atoms with Gasteiger partial charge < -0.3 is 9.47 Å². The molecule has 0 fully saturated rings. The average molecular weight is 251 g/mol. The van der Waals surface area contributed by atoms with Crippen LogP contribution in [-0.4, -0.2) is 23.2 Å². The fourth-order valence-electron chi connectivity index (χ4n) is 1.78. The molecule has 17 heavy (non-hydrogen) atoms. The van der Waals surface area contributed by atoms with Crippen LogP contribution in [0.15, 0.2) is 12.1 Å². The third kappa shape index (κ3) is 1.89. The molecule has 3 rings (SSSR count). The van der Waals surface area contributed by atoms with E-state index in [2.05, 4.69) is 9.97 Å². The third-order valence-electron chi connectivity index (χ3n) is 2.65. The van der Waals surface area contributed by atoms with E-state index in [1.54, 1.807) is 0 Å². The van der Waals surface area contributed by atoms with Crippen molar-refractivity contribution < 1.29 is 9.47 Å². The second-order valence-corrected chi connectivity index (χ2v) is 4.30. The van der Waals surface area contributed by atoms with Gasteiger partial charge in [-0.2, -0.15) is 0 Å². The maximum atomic E-state index is 5.96. The first kappa shape index (κ1) is 10.6. The highest BCUT2D eigenvalue weighted by Gasteiger charge is 2.13. The monoisotopic (exact) mass is 250 g/mol. The van der Waals surface area contributed by atoms with Gasteiger partial charge in [-0.3, -0.25) is 0 Å². The highest BCUT2D eigenvalue weighted by atomic mass is 35.5. The van der Waals surface area contributed by atoms with Crippen molar-refractivity contribution in [2.24, 2.45) is 0 Å². The molecule has 4 nitrogen and oxygen atoms in total. The molecule has 0 amide bonds. The fraction of sp³-hybridized carbons (Fsp3) is 0.333. The Kier molecular flexibility index (Phi) is 2.52. The lowest BCUT2D eigenvalue weighted by Crippen LogP contribution is -1.97. The smallest absolute Gasteiger partial charge is 0.163 e. The molecule has 5 heteroatoms. The van der Waals surface area contributed by atoms with E-state index in [0.717, 1.165) is 23.2 Å². The first-order valence-corrected chi connectivity index (χ1v) is 5.85. The summed E-state index contributed by atoms with van der Waals surface area (Å²) in [5, 5.41) is 0.423. The standard InChI is InChI=1S/C12H11ClN2O2/c1-7-12(13)15-9-6-11-10(5-8(9)14-7)16-3-2-4-17-11/h5-6H,2-4H2,1H3. The zero-order chi connectivity index (χ0) is 11.8. The Balaban J connectivity index is 2.22. The van der Waals surface area contributed by atoms with Gasteiger partial charge in [0, 0.05) is 18.6 Å². The second kappa shape index (κ2) is 4.04. The first-order chi connectivity index (χ1) is 8.24. The summed E-state index contributed by atoms with van der Waals surface area (Å²) in [6.45, 7) is 3.15. The van der Waals surface area contributed by atoms with E-state index < -0.39 is 0 Å². The first-order valence-electron chi connectivity index (χ1n) is 5.47. The van der Waals surface area contributed by atoms with Gasteiger partial charge in [-0.1, -0.05) is 11.6 Å². The summed E-state index contributed by atoms with van der Waals surface area (Å²) < 4.78 is 11.2. The zero-order valence-electron chi connectivity index (χ0n) is 9.36. The Morgan fingerprint density at radius 3 is 2.29 bits per heavy atom. The SMILES string of the molecule is Cc1nc2cc3c(cc2nc1Cl)OCCCO3. The minimum Gasteiger partial charge on any atom is -0.489 e. The normalized spacial score (nSPS) is 14.7. The average Bonchev–Trinajstić information content (AvgIpc) is 2.53. The lowest BCUT2D eigenvalue weighted by molar-refractivity contribution is 0.297. The highest BCUT2D eigenvalue weighted by Crippen LogP contribution is 2.33. The molecule has 1 aromatic heterocycles. The summed E-state index contributed by atoms with van der Waals surface area (Å²) in [4.78, 5) is 8.67. The van der Waals surface area contributed by atoms with Crippen LogP contribution in [0.25, 0.3) is 11.0 Å². The molecule has 88 valence electrons. The fourth-order valence-corrected chi connectivity index (χ4v) is 1.91. The van der Waals surface area contributed by atoms with Crippen LogP contribution in [0.3, 0.4) is 0 Å². The Bertz CT molecular complexity index is 536. The van der Waals surface area contributed by atoms with Crippen LogP contribution in [0.1, 0.15) is 12.1 Å². The Morgan fingerprint density at radius 2 is 1.65 bits per heavy atom. The van der Waals surface area contributed by atoms with Crippen molar-refractivity contribution in [1.82, 2.24) is 9.97 Å². The predicted molar refractivity (Wildman–Crippen MR) is 64.9 cm³/mol. The summed E-state index contributed by atoms with van der Waals surface area (Å²) >= 11 is 5.96. The van der Waals surface area contributed by atoms with E-state index in [9.17, 15) is 0 Å². The van der Waals surface area contributed by atoms with E-state index in [0.29, 0.717) is 29.8 Å². The lowest BCUT2D eigenvalue weighted by Gasteiger charge is -2.08. The molecule has 1 aliphatic heterocycles. The van der Waals surface area contributed by atoms with Gasteiger partial charge in [0.25, 0.3) is 0 Å². The number of hydrogen-bond donors (Lipinski definition) is 0. The Morgan fingerprint density at radius 1 is 1.06 bits per heavy atom. The van der Waals surface area contributed by atoms with Crippen molar-refractivity contribution in [3.63, 3.8) is 0 Å². The third-order valence-corrected chi connectivity index (χ3v) is 3.01. The van der Waals surface area contributed by atoms with Gasteiger partial charge in [-0.05, 0) is 6.92 Å². The summed E-state index contributed by atoms with van der Waals surface area (Å²) in [5.74, 6) is 1.44. The maximum absolute atomic E-state index is 5.96. The number of halogens is 1. The number of fused-ring (bicyclic) bond motifs is 2. The van der Waals surface area contributed by atoms with Crippen LogP contribution in [0.2, 0.25) is 5.15 Å². The molecule has 0 saturated carbocycles. The molecule has 2 heterocycles. The topological polar surface area (TPSA) is 44.2 Å². The van der Waals surface area contributed by atoms with Crippen molar-refractivity contribution in [1.29, 1.82) is 0 Å². The quantitative estimate of drug-likeness (QED) is 0.721. The van der Waals surface area contributed by atoms with Gasteiger partial charge in [0.1, 0.15) is 0 Å². The highest BCUT2D eigenvalue weighted by molar-refractivity contribution is 6.30. The zero-order valence-corrected chi connectivity index (χ0v) is 10.1. The van der Waals surface area contributed by atoms with Crippen molar-refractivity contribution in [2.45, 2.75) is 13.3 Å². The molecule has 0 N–H and O–H groups in total. The maximum Gasteiger partial charge on any atom is 0.163 e. The van der Waals surface area contributed by atoms with Crippen molar-refractivity contribution >= 4 is 22.6 Å². The Hall–Kier alpha value is -1.55. The van der Waals surface area contributed by atoms with Crippen molar-refractivity contribution in [3.05, 3.63) is 23.0 Å². The van der Waals surface area contributed by atoms with Crippen LogP contribution in [0.4, 0.5) is 0 Å². The summed E-state index contributed by atoms with van der Waals surface area (Å²) in [6, 6.07) is 3.68. The van der Waals surface area contributed by atoms with Gasteiger partial charge >= 0.3 is 0 Å². The van der Waals surface area contributed by atoms with Gasteiger partial charge in [0.05, 0.1) is 29.9 Å². The molecule has 0 saturated heterocycles. The van der Waals surface area contributed by atoms with Gasteiger partial charge in [-0.25, -0.2) is 9.97 Å². The van der Waals surface area contributed by atoms with Gasteiger partial charge in [0.2, 0.25) is 0 Å². The van der Waals surface area contributed by atoms with Crippen LogP contribution in [-0.2, 0) is 0 Å². The molecule has 0 spiro atoms. The summed E-state index contributed by atoms with van der Waals surface area (Å²) in [7, 11) is 0. The van der Waals surface area contributed by atoms with E-state index >= 15 is 0 Å². The molecule has 0 radical (unpaired) electrons. The molecule has 0 unspecified atom stereocenters. The molecule has 0 atom stereocenters. The number of aryl methyl sites for hydroxylation is 1. The van der Waals surface area contributed by atoms with Gasteiger partial charge in [0.15, 0.2) is 16.7 Å². The summed E-state index contributed by atoms with van der Waals surface area (Å²) in [5.41, 5.74) is 2.22. The number of rotatable bonds is 0. The molecule has 2 aromatic rings. The Labute approximate surface area is 104 Å². The second-order valence-electron chi connectivity index (χ2n) is 3.94.